The lowest BCUT2D eigenvalue weighted by atomic mass is 10.2. The van der Waals surface area contributed by atoms with Gasteiger partial charge in [0.1, 0.15) is 12.3 Å². The van der Waals surface area contributed by atoms with Crippen LogP contribution >= 0.6 is 0 Å². The average Bonchev–Trinajstić information content (AvgIpc) is 2.72. The number of para-hydroxylation sites is 2. The number of rotatable bonds is 11. The number of carbonyl (C=O) groups is 1. The highest BCUT2D eigenvalue weighted by atomic mass is 32.2. The van der Waals surface area contributed by atoms with Gasteiger partial charge in [-0.05, 0) is 50.6 Å². The molecule has 30 heavy (non-hydrogen) atoms. The van der Waals surface area contributed by atoms with Gasteiger partial charge in [-0.15, -0.1) is 0 Å². The van der Waals surface area contributed by atoms with Crippen LogP contribution in [0.1, 0.15) is 26.3 Å². The fourth-order valence-electron chi connectivity index (χ4n) is 3.12. The molecule has 0 aliphatic rings. The molecule has 0 unspecified atom stereocenters. The Balaban J connectivity index is 2.07. The Morgan fingerprint density at radius 1 is 1.00 bits per heavy atom. The van der Waals surface area contributed by atoms with Crippen molar-refractivity contribution < 1.29 is 17.9 Å². The number of hydrogen-bond acceptors (Lipinski definition) is 5. The molecular weight excluding hydrogens is 402 g/mol. The number of nitrogens with one attached hydrogen (secondary N) is 1. The molecule has 0 aliphatic carbocycles. The van der Waals surface area contributed by atoms with Gasteiger partial charge in [0.15, 0.2) is 0 Å². The van der Waals surface area contributed by atoms with E-state index in [1.807, 2.05) is 31.2 Å². The Kier molecular flexibility index (Phi) is 8.53. The molecule has 0 radical (unpaired) electrons. The molecule has 0 heterocycles. The van der Waals surface area contributed by atoms with Gasteiger partial charge in [-0.2, -0.15) is 0 Å². The van der Waals surface area contributed by atoms with Crippen molar-refractivity contribution >= 4 is 27.3 Å². The maximum absolute atomic E-state index is 12.5. The lowest BCUT2D eigenvalue weighted by Gasteiger charge is -2.24. The SMILES string of the molecule is CCOc1ccccc1N(CC(=O)NCc1ccc(N(CC)CC)cc1)S(C)(=O)=O. The van der Waals surface area contributed by atoms with E-state index in [4.69, 9.17) is 4.74 Å². The summed E-state index contributed by atoms with van der Waals surface area (Å²) >= 11 is 0. The third-order valence-corrected chi connectivity index (χ3v) is 5.80. The van der Waals surface area contributed by atoms with Gasteiger partial charge in [-0.1, -0.05) is 24.3 Å². The summed E-state index contributed by atoms with van der Waals surface area (Å²) in [5, 5.41) is 2.80. The van der Waals surface area contributed by atoms with E-state index in [-0.39, 0.29) is 12.5 Å². The van der Waals surface area contributed by atoms with Crippen molar-refractivity contribution in [1.82, 2.24) is 5.32 Å². The molecule has 0 atom stereocenters. The van der Waals surface area contributed by atoms with Crippen molar-refractivity contribution in [3.63, 3.8) is 0 Å². The van der Waals surface area contributed by atoms with Gasteiger partial charge < -0.3 is 15.0 Å². The fraction of sp³-hybridized carbons (Fsp3) is 0.409. The van der Waals surface area contributed by atoms with Crippen LogP contribution < -0.4 is 19.3 Å². The van der Waals surface area contributed by atoms with E-state index in [0.717, 1.165) is 34.9 Å². The average molecular weight is 434 g/mol. The van der Waals surface area contributed by atoms with Gasteiger partial charge in [-0.25, -0.2) is 8.42 Å². The van der Waals surface area contributed by atoms with Gasteiger partial charge in [-0.3, -0.25) is 9.10 Å². The maximum atomic E-state index is 12.5. The predicted molar refractivity (Wildman–Crippen MR) is 122 cm³/mol. The normalized spacial score (nSPS) is 11.1. The minimum absolute atomic E-state index is 0.319. The van der Waals surface area contributed by atoms with Crippen LogP contribution in [0.2, 0.25) is 0 Å². The lowest BCUT2D eigenvalue weighted by molar-refractivity contribution is -0.119. The molecule has 0 spiro atoms. The van der Waals surface area contributed by atoms with E-state index >= 15 is 0 Å². The largest absolute Gasteiger partial charge is 0.492 e. The van der Waals surface area contributed by atoms with Gasteiger partial charge in [0.05, 0.1) is 18.6 Å². The zero-order chi connectivity index (χ0) is 22.1. The summed E-state index contributed by atoms with van der Waals surface area (Å²) in [4.78, 5) is 14.8. The van der Waals surface area contributed by atoms with Crippen LogP contribution in [0.5, 0.6) is 5.75 Å². The van der Waals surface area contributed by atoms with Gasteiger partial charge in [0.25, 0.3) is 0 Å². The van der Waals surface area contributed by atoms with Crippen molar-refractivity contribution in [2.24, 2.45) is 0 Å². The second kappa shape index (κ2) is 10.9. The summed E-state index contributed by atoms with van der Waals surface area (Å²) in [5.74, 6) is 0.0322. The summed E-state index contributed by atoms with van der Waals surface area (Å²) in [6.07, 6.45) is 1.08. The summed E-state index contributed by atoms with van der Waals surface area (Å²) in [7, 11) is -3.67. The van der Waals surface area contributed by atoms with E-state index in [1.54, 1.807) is 24.3 Å². The minimum Gasteiger partial charge on any atom is -0.492 e. The number of ether oxygens (including phenoxy) is 1. The molecule has 1 amide bonds. The first kappa shape index (κ1) is 23.5. The zero-order valence-corrected chi connectivity index (χ0v) is 18.9. The topological polar surface area (TPSA) is 79.0 Å². The highest BCUT2D eigenvalue weighted by molar-refractivity contribution is 7.92. The first-order chi connectivity index (χ1) is 14.3. The lowest BCUT2D eigenvalue weighted by Crippen LogP contribution is -2.40. The summed E-state index contributed by atoms with van der Waals surface area (Å²) in [6.45, 7) is 8.28. The molecule has 2 aromatic rings. The van der Waals surface area contributed by atoms with Crippen LogP contribution in [0.25, 0.3) is 0 Å². The minimum atomic E-state index is -3.67. The van der Waals surface area contributed by atoms with Crippen molar-refractivity contribution in [1.29, 1.82) is 0 Å². The molecule has 0 bridgehead atoms. The molecule has 8 heteroatoms. The van der Waals surface area contributed by atoms with E-state index in [1.165, 1.54) is 0 Å². The molecule has 0 aliphatic heterocycles. The number of benzene rings is 2. The zero-order valence-electron chi connectivity index (χ0n) is 18.1. The van der Waals surface area contributed by atoms with Crippen molar-refractivity contribution in [3.8, 4) is 5.75 Å². The number of carbonyl (C=O) groups excluding carboxylic acids is 1. The van der Waals surface area contributed by atoms with E-state index in [2.05, 4.69) is 24.1 Å². The number of anilines is 2. The van der Waals surface area contributed by atoms with Crippen LogP contribution in [0, 0.1) is 0 Å². The molecule has 2 rings (SSSR count). The predicted octanol–water partition coefficient (Wildman–Crippen LogP) is 3.01. The van der Waals surface area contributed by atoms with Crippen LogP contribution in [-0.4, -0.2) is 46.8 Å². The highest BCUT2D eigenvalue weighted by Gasteiger charge is 2.23. The number of amides is 1. The second-order valence-corrected chi connectivity index (χ2v) is 8.69. The van der Waals surface area contributed by atoms with Crippen molar-refractivity contribution in [2.45, 2.75) is 27.3 Å². The first-order valence-corrected chi connectivity index (χ1v) is 11.9. The molecule has 0 saturated heterocycles. The Labute approximate surface area is 179 Å². The van der Waals surface area contributed by atoms with Crippen LogP contribution in [0.3, 0.4) is 0 Å². The summed E-state index contributed by atoms with van der Waals surface area (Å²) in [6, 6.07) is 14.8. The molecule has 1 N–H and O–H groups in total. The molecule has 164 valence electrons. The van der Waals surface area contributed by atoms with E-state index < -0.39 is 10.0 Å². The molecule has 7 nitrogen and oxygen atoms in total. The van der Waals surface area contributed by atoms with Crippen LogP contribution in [0.15, 0.2) is 48.5 Å². The second-order valence-electron chi connectivity index (χ2n) is 6.79. The van der Waals surface area contributed by atoms with Crippen LogP contribution in [-0.2, 0) is 21.4 Å². The molecule has 2 aromatic carbocycles. The van der Waals surface area contributed by atoms with E-state index in [0.29, 0.717) is 24.6 Å². The summed E-state index contributed by atoms with van der Waals surface area (Å²) < 4.78 is 31.3. The Morgan fingerprint density at radius 2 is 1.63 bits per heavy atom. The van der Waals surface area contributed by atoms with Gasteiger partial charge >= 0.3 is 0 Å². The third kappa shape index (κ3) is 6.38. The molecular formula is C22H31N3O4S. The third-order valence-electron chi connectivity index (χ3n) is 4.68. The Bertz CT molecular complexity index is 926. The van der Waals surface area contributed by atoms with Crippen molar-refractivity contribution in [2.75, 3.05) is 41.7 Å². The highest BCUT2D eigenvalue weighted by Crippen LogP contribution is 2.29. The Hall–Kier alpha value is -2.74. The standard InChI is InChI=1S/C22H31N3O4S/c1-5-24(6-2)19-14-12-18(13-15-19)16-23-22(26)17-25(30(4,27)28)20-10-8-9-11-21(20)29-7-3/h8-15H,5-7,16-17H2,1-4H3,(H,23,26). The van der Waals surface area contributed by atoms with E-state index in [9.17, 15) is 13.2 Å². The fourth-order valence-corrected chi connectivity index (χ4v) is 3.98. The van der Waals surface area contributed by atoms with Crippen molar-refractivity contribution in [3.05, 3.63) is 54.1 Å². The Morgan fingerprint density at radius 3 is 2.20 bits per heavy atom. The molecule has 0 saturated carbocycles. The van der Waals surface area contributed by atoms with Crippen LogP contribution in [0.4, 0.5) is 11.4 Å². The number of sulfonamides is 1. The first-order valence-electron chi connectivity index (χ1n) is 10.1. The monoisotopic (exact) mass is 433 g/mol. The quantitative estimate of drug-likeness (QED) is 0.589. The van der Waals surface area contributed by atoms with Gasteiger partial charge in [0.2, 0.25) is 15.9 Å². The molecule has 0 aromatic heterocycles. The smallest absolute Gasteiger partial charge is 0.241 e. The number of hydrogen-bond donors (Lipinski definition) is 1. The number of nitrogens with zero attached hydrogens (tertiary/aromatic N) is 2. The maximum Gasteiger partial charge on any atom is 0.241 e. The van der Waals surface area contributed by atoms with Gasteiger partial charge in [0, 0.05) is 25.3 Å². The molecule has 0 fully saturated rings. The summed E-state index contributed by atoms with van der Waals surface area (Å²) in [5.41, 5.74) is 2.42.